The maximum atomic E-state index is 11.9. The average Bonchev–Trinajstić information content (AvgIpc) is 2.40. The monoisotopic (exact) mass is 346 g/mol. The average molecular weight is 347 g/mol. The number of nitrogens with one attached hydrogen (secondary N) is 2. The van der Waals surface area contributed by atoms with Crippen molar-refractivity contribution in [2.75, 3.05) is 10.6 Å². The van der Waals surface area contributed by atoms with Gasteiger partial charge < -0.3 is 10.6 Å². The predicted molar refractivity (Wildman–Crippen MR) is 92.0 cm³/mol. The highest BCUT2D eigenvalue weighted by molar-refractivity contribution is 9.10. The molecule has 110 valence electrons. The standard InChI is InChI=1S/C17H19BrN2O/c1-17(2,3)16(21)20-14-9-7-13(8-10-14)19-15-6-4-5-12(18)11-15/h4-11,19H,1-3H3,(H,20,21). The molecule has 2 aromatic rings. The Kier molecular flexibility index (Phi) is 4.68. The molecule has 0 saturated heterocycles. The lowest BCUT2D eigenvalue weighted by Gasteiger charge is -2.17. The third kappa shape index (κ3) is 4.60. The fourth-order valence-electron chi connectivity index (χ4n) is 1.69. The van der Waals surface area contributed by atoms with E-state index in [4.69, 9.17) is 0 Å². The first kappa shape index (κ1) is 15.6. The molecule has 0 aromatic heterocycles. The molecule has 0 aliphatic carbocycles. The molecule has 2 aromatic carbocycles. The number of halogens is 1. The summed E-state index contributed by atoms with van der Waals surface area (Å²) in [5, 5.41) is 6.22. The van der Waals surface area contributed by atoms with Crippen LogP contribution >= 0.6 is 15.9 Å². The number of carbonyl (C=O) groups is 1. The summed E-state index contributed by atoms with van der Waals surface area (Å²) in [6.07, 6.45) is 0. The lowest BCUT2D eigenvalue weighted by atomic mass is 9.95. The number of anilines is 3. The van der Waals surface area contributed by atoms with E-state index in [-0.39, 0.29) is 5.91 Å². The molecule has 4 heteroatoms. The van der Waals surface area contributed by atoms with Crippen LogP contribution in [0.4, 0.5) is 17.1 Å². The highest BCUT2D eigenvalue weighted by Crippen LogP contribution is 2.23. The normalized spacial score (nSPS) is 11.0. The van der Waals surface area contributed by atoms with Crippen LogP contribution in [-0.4, -0.2) is 5.91 Å². The quantitative estimate of drug-likeness (QED) is 0.803. The van der Waals surface area contributed by atoms with Gasteiger partial charge in [0.05, 0.1) is 0 Å². The fraction of sp³-hybridized carbons (Fsp3) is 0.235. The highest BCUT2D eigenvalue weighted by atomic mass is 79.9. The number of hydrogen-bond acceptors (Lipinski definition) is 2. The lowest BCUT2D eigenvalue weighted by molar-refractivity contribution is -0.123. The summed E-state index contributed by atoms with van der Waals surface area (Å²) in [6.45, 7) is 5.68. The maximum absolute atomic E-state index is 11.9. The number of benzene rings is 2. The van der Waals surface area contributed by atoms with Crippen molar-refractivity contribution in [1.29, 1.82) is 0 Å². The van der Waals surface area contributed by atoms with Gasteiger partial charge >= 0.3 is 0 Å². The molecule has 0 radical (unpaired) electrons. The van der Waals surface area contributed by atoms with Crippen LogP contribution in [0.3, 0.4) is 0 Å². The molecule has 0 heterocycles. The Labute approximate surface area is 133 Å². The molecule has 0 unspecified atom stereocenters. The van der Waals surface area contributed by atoms with Gasteiger partial charge in [-0.25, -0.2) is 0 Å². The molecule has 3 nitrogen and oxygen atoms in total. The first-order chi connectivity index (χ1) is 9.84. The molecule has 0 aliphatic rings. The van der Waals surface area contributed by atoms with Gasteiger partial charge in [0.15, 0.2) is 0 Å². The largest absolute Gasteiger partial charge is 0.355 e. The van der Waals surface area contributed by atoms with Gasteiger partial charge in [0.25, 0.3) is 0 Å². The summed E-state index contributed by atoms with van der Waals surface area (Å²) in [4.78, 5) is 11.9. The molecular weight excluding hydrogens is 328 g/mol. The van der Waals surface area contributed by atoms with Gasteiger partial charge in [0.2, 0.25) is 5.91 Å². The van der Waals surface area contributed by atoms with Crippen LogP contribution < -0.4 is 10.6 Å². The second-order valence-corrected chi connectivity index (χ2v) is 6.83. The van der Waals surface area contributed by atoms with Gasteiger partial charge in [-0.15, -0.1) is 0 Å². The van der Waals surface area contributed by atoms with Gasteiger partial charge in [0, 0.05) is 26.9 Å². The summed E-state index contributed by atoms with van der Waals surface area (Å²) in [7, 11) is 0. The smallest absolute Gasteiger partial charge is 0.229 e. The Morgan fingerprint density at radius 2 is 1.57 bits per heavy atom. The number of carbonyl (C=O) groups excluding carboxylic acids is 1. The zero-order valence-corrected chi connectivity index (χ0v) is 14.0. The molecule has 2 rings (SSSR count). The summed E-state index contributed by atoms with van der Waals surface area (Å²) in [6, 6.07) is 15.6. The molecule has 0 atom stereocenters. The van der Waals surface area contributed by atoms with Crippen molar-refractivity contribution in [3.8, 4) is 0 Å². The Bertz CT molecular complexity index is 630. The van der Waals surface area contributed by atoms with Gasteiger partial charge in [-0.1, -0.05) is 42.8 Å². The van der Waals surface area contributed by atoms with E-state index in [0.717, 1.165) is 21.5 Å². The van der Waals surface area contributed by atoms with Crippen molar-refractivity contribution in [2.45, 2.75) is 20.8 Å². The minimum atomic E-state index is -0.396. The van der Waals surface area contributed by atoms with Crippen molar-refractivity contribution in [3.05, 3.63) is 53.0 Å². The van der Waals surface area contributed by atoms with Crippen LogP contribution in [0.1, 0.15) is 20.8 Å². The van der Waals surface area contributed by atoms with Crippen molar-refractivity contribution in [2.24, 2.45) is 5.41 Å². The van der Waals surface area contributed by atoms with E-state index in [2.05, 4.69) is 26.6 Å². The topological polar surface area (TPSA) is 41.1 Å². The molecule has 0 spiro atoms. The molecular formula is C17H19BrN2O. The molecule has 0 fully saturated rings. The van der Waals surface area contributed by atoms with E-state index < -0.39 is 5.41 Å². The van der Waals surface area contributed by atoms with E-state index in [9.17, 15) is 4.79 Å². The van der Waals surface area contributed by atoms with Crippen LogP contribution in [0.15, 0.2) is 53.0 Å². The van der Waals surface area contributed by atoms with Gasteiger partial charge in [-0.3, -0.25) is 4.79 Å². The summed E-state index contributed by atoms with van der Waals surface area (Å²) >= 11 is 3.45. The number of hydrogen-bond donors (Lipinski definition) is 2. The van der Waals surface area contributed by atoms with E-state index in [1.54, 1.807) is 0 Å². The van der Waals surface area contributed by atoms with Gasteiger partial charge in [-0.05, 0) is 42.5 Å². The second-order valence-electron chi connectivity index (χ2n) is 5.92. The van der Waals surface area contributed by atoms with Crippen LogP contribution in [0, 0.1) is 5.41 Å². The Morgan fingerprint density at radius 1 is 0.952 bits per heavy atom. The fourth-order valence-corrected chi connectivity index (χ4v) is 2.09. The molecule has 0 saturated carbocycles. The Balaban J connectivity index is 2.04. The van der Waals surface area contributed by atoms with Gasteiger partial charge in [-0.2, -0.15) is 0 Å². The molecule has 1 amide bonds. The van der Waals surface area contributed by atoms with Crippen LogP contribution in [0.2, 0.25) is 0 Å². The highest BCUT2D eigenvalue weighted by Gasteiger charge is 2.20. The number of amides is 1. The lowest BCUT2D eigenvalue weighted by Crippen LogP contribution is -2.27. The van der Waals surface area contributed by atoms with Gasteiger partial charge in [0.1, 0.15) is 0 Å². The predicted octanol–water partition coefficient (Wildman–Crippen LogP) is 5.18. The minimum Gasteiger partial charge on any atom is -0.355 e. The van der Waals surface area contributed by atoms with Crippen LogP contribution in [0.25, 0.3) is 0 Å². The second kappa shape index (κ2) is 6.31. The number of rotatable bonds is 3. The molecule has 0 bridgehead atoms. The van der Waals surface area contributed by atoms with E-state index in [1.807, 2.05) is 69.3 Å². The van der Waals surface area contributed by atoms with Crippen LogP contribution in [-0.2, 0) is 4.79 Å². The summed E-state index contributed by atoms with van der Waals surface area (Å²) < 4.78 is 1.03. The SMILES string of the molecule is CC(C)(C)C(=O)Nc1ccc(Nc2cccc(Br)c2)cc1. The Hall–Kier alpha value is -1.81. The van der Waals surface area contributed by atoms with Crippen molar-refractivity contribution in [3.63, 3.8) is 0 Å². The maximum Gasteiger partial charge on any atom is 0.229 e. The first-order valence-corrected chi connectivity index (χ1v) is 7.58. The van der Waals surface area contributed by atoms with Crippen molar-refractivity contribution < 1.29 is 4.79 Å². The van der Waals surface area contributed by atoms with Crippen molar-refractivity contribution in [1.82, 2.24) is 0 Å². The molecule has 0 aliphatic heterocycles. The van der Waals surface area contributed by atoms with E-state index in [1.165, 1.54) is 0 Å². The van der Waals surface area contributed by atoms with Crippen LogP contribution in [0.5, 0.6) is 0 Å². The summed E-state index contributed by atoms with van der Waals surface area (Å²) in [5.74, 6) is 0.00944. The molecule has 21 heavy (non-hydrogen) atoms. The van der Waals surface area contributed by atoms with E-state index >= 15 is 0 Å². The Morgan fingerprint density at radius 3 is 2.14 bits per heavy atom. The first-order valence-electron chi connectivity index (χ1n) is 6.79. The third-order valence-corrected chi connectivity index (χ3v) is 3.43. The van der Waals surface area contributed by atoms with E-state index in [0.29, 0.717) is 0 Å². The van der Waals surface area contributed by atoms with Crippen molar-refractivity contribution >= 4 is 38.9 Å². The zero-order valence-electron chi connectivity index (χ0n) is 12.4. The third-order valence-electron chi connectivity index (χ3n) is 2.94. The molecule has 2 N–H and O–H groups in total. The summed E-state index contributed by atoms with van der Waals surface area (Å²) in [5.41, 5.74) is 2.39. The zero-order chi connectivity index (χ0) is 15.5. The minimum absolute atomic E-state index is 0.00944.